The van der Waals surface area contributed by atoms with E-state index >= 15 is 0 Å². The normalized spacial score (nSPS) is 14.6. The molecular weight excluding hydrogens is 526 g/mol. The molecule has 0 heterocycles. The van der Waals surface area contributed by atoms with Crippen LogP contribution in [0.2, 0.25) is 5.02 Å². The highest BCUT2D eigenvalue weighted by Gasteiger charge is 2.30. The predicted molar refractivity (Wildman–Crippen MR) is 151 cm³/mol. The summed E-state index contributed by atoms with van der Waals surface area (Å²) in [5.41, 5.74) is 1.37. The number of hydrogen-bond donors (Lipinski definition) is 1. The van der Waals surface area contributed by atoms with Gasteiger partial charge in [-0.15, -0.1) is 0 Å². The van der Waals surface area contributed by atoms with E-state index in [-0.39, 0.29) is 37.4 Å². The van der Waals surface area contributed by atoms with E-state index in [4.69, 9.17) is 16.3 Å². The second kappa shape index (κ2) is 13.8. The van der Waals surface area contributed by atoms with Gasteiger partial charge in [0.2, 0.25) is 21.8 Å². The highest BCUT2D eigenvalue weighted by molar-refractivity contribution is 7.92. The molecule has 208 valence electrons. The standard InChI is InChI=1S/C28H38ClN3O5S/c1-4-26(28(34)30-23-8-5-6-9-23)31(20-21-11-17-25(37-2)18-12-21)27(33)10-7-19-32(38(3,35)36)24-15-13-22(29)14-16-24/h11-18,23,26H,4-10,19-20H2,1-3H3,(H,30,34)/t26-/m1/s1. The van der Waals surface area contributed by atoms with Crippen LogP contribution in [0.3, 0.4) is 0 Å². The maximum absolute atomic E-state index is 13.6. The maximum Gasteiger partial charge on any atom is 0.243 e. The number of halogens is 1. The van der Waals surface area contributed by atoms with Crippen molar-refractivity contribution in [2.45, 2.75) is 70.5 Å². The number of amides is 2. The molecule has 3 rings (SSSR count). The first-order chi connectivity index (χ1) is 18.1. The SMILES string of the molecule is CC[C@H](C(=O)NC1CCCC1)N(Cc1ccc(OC)cc1)C(=O)CCCN(c1ccc(Cl)cc1)S(C)(=O)=O. The molecule has 8 nitrogen and oxygen atoms in total. The van der Waals surface area contributed by atoms with Gasteiger partial charge in [-0.2, -0.15) is 0 Å². The van der Waals surface area contributed by atoms with Crippen molar-refractivity contribution in [2.24, 2.45) is 0 Å². The summed E-state index contributed by atoms with van der Waals surface area (Å²) in [5, 5.41) is 3.65. The molecule has 1 atom stereocenters. The number of carbonyl (C=O) groups excluding carboxylic acids is 2. The first-order valence-corrected chi connectivity index (χ1v) is 15.3. The van der Waals surface area contributed by atoms with Gasteiger partial charge in [-0.05, 0) is 67.6 Å². The van der Waals surface area contributed by atoms with Crippen molar-refractivity contribution < 1.29 is 22.7 Å². The van der Waals surface area contributed by atoms with Crippen molar-refractivity contribution in [3.05, 3.63) is 59.1 Å². The molecular formula is C28H38ClN3O5S. The van der Waals surface area contributed by atoms with Crippen LogP contribution in [-0.4, -0.2) is 57.1 Å². The third-order valence-electron chi connectivity index (χ3n) is 6.87. The van der Waals surface area contributed by atoms with Crippen molar-refractivity contribution >= 4 is 39.1 Å². The Morgan fingerprint density at radius 2 is 1.71 bits per heavy atom. The fraction of sp³-hybridized carbons (Fsp3) is 0.500. The summed E-state index contributed by atoms with van der Waals surface area (Å²) in [6.45, 7) is 2.30. The zero-order valence-electron chi connectivity index (χ0n) is 22.4. The van der Waals surface area contributed by atoms with Crippen molar-refractivity contribution in [1.82, 2.24) is 10.2 Å². The van der Waals surface area contributed by atoms with E-state index < -0.39 is 16.1 Å². The van der Waals surface area contributed by atoms with E-state index in [1.807, 2.05) is 31.2 Å². The number of nitrogens with zero attached hydrogens (tertiary/aromatic N) is 2. The highest BCUT2D eigenvalue weighted by Crippen LogP contribution is 2.23. The molecule has 0 bridgehead atoms. The van der Waals surface area contributed by atoms with Gasteiger partial charge in [-0.3, -0.25) is 13.9 Å². The summed E-state index contributed by atoms with van der Waals surface area (Å²) in [7, 11) is -1.97. The topological polar surface area (TPSA) is 96.0 Å². The van der Waals surface area contributed by atoms with Crippen molar-refractivity contribution in [2.75, 3.05) is 24.2 Å². The van der Waals surface area contributed by atoms with Crippen LogP contribution in [0.1, 0.15) is 57.4 Å². The van der Waals surface area contributed by atoms with Gasteiger partial charge < -0.3 is 15.0 Å². The van der Waals surface area contributed by atoms with Crippen LogP contribution in [0.5, 0.6) is 5.75 Å². The third kappa shape index (κ3) is 8.36. The smallest absolute Gasteiger partial charge is 0.243 e. The number of anilines is 1. The number of rotatable bonds is 13. The largest absolute Gasteiger partial charge is 0.497 e. The average Bonchev–Trinajstić information content (AvgIpc) is 3.40. The van der Waals surface area contributed by atoms with E-state index in [2.05, 4.69) is 5.32 Å². The second-order valence-corrected chi connectivity index (χ2v) is 12.0. The lowest BCUT2D eigenvalue weighted by molar-refractivity contribution is -0.141. The van der Waals surface area contributed by atoms with Gasteiger partial charge >= 0.3 is 0 Å². The van der Waals surface area contributed by atoms with Crippen LogP contribution in [0.25, 0.3) is 0 Å². The molecule has 0 aromatic heterocycles. The van der Waals surface area contributed by atoms with E-state index in [1.165, 1.54) is 4.31 Å². The summed E-state index contributed by atoms with van der Waals surface area (Å²) in [4.78, 5) is 28.5. The van der Waals surface area contributed by atoms with Crippen molar-refractivity contribution in [3.8, 4) is 5.75 Å². The zero-order chi connectivity index (χ0) is 27.7. The van der Waals surface area contributed by atoms with E-state index in [9.17, 15) is 18.0 Å². The number of benzene rings is 2. The lowest BCUT2D eigenvalue weighted by Gasteiger charge is -2.32. The monoisotopic (exact) mass is 563 g/mol. The second-order valence-electron chi connectivity index (χ2n) is 9.70. The Labute approximate surface area is 231 Å². The first kappa shape index (κ1) is 29.8. The first-order valence-electron chi connectivity index (χ1n) is 13.1. The lowest BCUT2D eigenvalue weighted by Crippen LogP contribution is -2.51. The van der Waals surface area contributed by atoms with Crippen LogP contribution in [0.15, 0.2) is 48.5 Å². The summed E-state index contributed by atoms with van der Waals surface area (Å²) >= 11 is 5.96. The summed E-state index contributed by atoms with van der Waals surface area (Å²) in [5.74, 6) is 0.375. The van der Waals surface area contributed by atoms with E-state index in [1.54, 1.807) is 36.3 Å². The summed E-state index contributed by atoms with van der Waals surface area (Å²) < 4.78 is 31.4. The van der Waals surface area contributed by atoms with Gasteiger partial charge in [0.25, 0.3) is 0 Å². The fourth-order valence-electron chi connectivity index (χ4n) is 4.83. The molecule has 2 amide bonds. The van der Waals surface area contributed by atoms with Crippen LogP contribution >= 0.6 is 11.6 Å². The molecule has 10 heteroatoms. The minimum atomic E-state index is -3.56. The number of ether oxygens (including phenoxy) is 1. The van der Waals surface area contributed by atoms with Crippen molar-refractivity contribution in [3.63, 3.8) is 0 Å². The fourth-order valence-corrected chi connectivity index (χ4v) is 5.92. The number of sulfonamides is 1. The van der Waals surface area contributed by atoms with E-state index in [0.29, 0.717) is 29.3 Å². The molecule has 1 aliphatic rings. The number of nitrogens with one attached hydrogen (secondary N) is 1. The van der Waals surface area contributed by atoms with Crippen molar-refractivity contribution in [1.29, 1.82) is 0 Å². The minimum absolute atomic E-state index is 0.100. The van der Waals surface area contributed by atoms with Crippen LogP contribution < -0.4 is 14.4 Å². The molecule has 0 radical (unpaired) electrons. The van der Waals surface area contributed by atoms with Gasteiger partial charge in [0.1, 0.15) is 11.8 Å². The van der Waals surface area contributed by atoms with Crippen LogP contribution in [0, 0.1) is 0 Å². The molecule has 0 aliphatic heterocycles. The number of hydrogen-bond acceptors (Lipinski definition) is 5. The molecule has 1 fully saturated rings. The van der Waals surface area contributed by atoms with Gasteiger partial charge in [-0.25, -0.2) is 8.42 Å². The predicted octanol–water partition coefficient (Wildman–Crippen LogP) is 4.76. The Morgan fingerprint density at radius 3 is 2.26 bits per heavy atom. The summed E-state index contributed by atoms with van der Waals surface area (Å²) in [6, 6.07) is 13.5. The lowest BCUT2D eigenvalue weighted by atomic mass is 10.1. The quantitative estimate of drug-likeness (QED) is 0.379. The molecule has 1 N–H and O–H groups in total. The number of carbonyl (C=O) groups is 2. The molecule has 0 spiro atoms. The molecule has 0 unspecified atom stereocenters. The molecule has 2 aromatic rings. The molecule has 1 aliphatic carbocycles. The summed E-state index contributed by atoms with van der Waals surface area (Å²) in [6.07, 6.45) is 6.13. The Kier molecular flexibility index (Phi) is 10.8. The molecule has 1 saturated carbocycles. The van der Waals surface area contributed by atoms with E-state index in [0.717, 1.165) is 37.5 Å². The number of methoxy groups -OCH3 is 1. The van der Waals surface area contributed by atoms with Gasteiger partial charge in [0.05, 0.1) is 19.1 Å². The van der Waals surface area contributed by atoms with Gasteiger partial charge in [-0.1, -0.05) is 43.5 Å². The molecule has 0 saturated heterocycles. The van der Waals surface area contributed by atoms with Gasteiger partial charge in [0, 0.05) is 30.6 Å². The van der Waals surface area contributed by atoms with Gasteiger partial charge in [0.15, 0.2) is 0 Å². The zero-order valence-corrected chi connectivity index (χ0v) is 23.9. The average molecular weight is 564 g/mol. The van der Waals surface area contributed by atoms with Crippen LogP contribution in [-0.2, 0) is 26.2 Å². The Balaban J connectivity index is 1.75. The Morgan fingerprint density at radius 1 is 1.08 bits per heavy atom. The Hall–Kier alpha value is -2.78. The Bertz CT molecular complexity index is 1170. The third-order valence-corrected chi connectivity index (χ3v) is 8.31. The minimum Gasteiger partial charge on any atom is -0.497 e. The highest BCUT2D eigenvalue weighted by atomic mass is 35.5. The molecule has 2 aromatic carbocycles. The van der Waals surface area contributed by atoms with Crippen LogP contribution in [0.4, 0.5) is 5.69 Å². The molecule has 38 heavy (non-hydrogen) atoms. The maximum atomic E-state index is 13.6.